The summed E-state index contributed by atoms with van der Waals surface area (Å²) in [7, 11) is 0. The molecular formula is C12H10N4O5S. The van der Waals surface area contributed by atoms with Gasteiger partial charge in [-0.3, -0.25) is 19.7 Å². The third kappa shape index (κ3) is 4.12. The minimum atomic E-state index is -1.07. The summed E-state index contributed by atoms with van der Waals surface area (Å²) < 4.78 is 0. The smallest absolute Gasteiger partial charge is 0.305 e. The summed E-state index contributed by atoms with van der Waals surface area (Å²) in [6.45, 7) is 0. The number of nitrogens with zero attached hydrogens (tertiary/aromatic N) is 3. The predicted octanol–water partition coefficient (Wildman–Crippen LogP) is 0.991. The molecular weight excluding hydrogens is 312 g/mol. The van der Waals surface area contributed by atoms with Crippen LogP contribution < -0.4 is 5.32 Å². The molecule has 10 heteroatoms. The summed E-state index contributed by atoms with van der Waals surface area (Å²) in [6, 6.07) is 5.69. The van der Waals surface area contributed by atoms with Gasteiger partial charge in [0.2, 0.25) is 5.91 Å². The number of carbonyl (C=O) groups excluding carboxylic acids is 1. The van der Waals surface area contributed by atoms with Gasteiger partial charge in [0.05, 0.1) is 17.6 Å². The molecule has 0 spiro atoms. The number of carboxylic acid groups (broad SMARTS) is 1. The minimum absolute atomic E-state index is 0.0291. The number of nitro groups is 1. The molecule has 1 amide bonds. The van der Waals surface area contributed by atoms with Crippen LogP contribution in [0, 0.1) is 10.1 Å². The second-order valence-electron chi connectivity index (χ2n) is 4.19. The van der Waals surface area contributed by atoms with E-state index in [0.717, 1.165) is 11.8 Å². The van der Waals surface area contributed by atoms with Crippen molar-refractivity contribution in [3.8, 4) is 0 Å². The SMILES string of the molecule is O=C(O)CC1S/C(=N\N=C\c2ccc([N+](=O)[O-])cc2)NC1=O. The fourth-order valence-corrected chi connectivity index (χ4v) is 2.49. The highest BCUT2D eigenvalue weighted by atomic mass is 32.2. The van der Waals surface area contributed by atoms with Gasteiger partial charge < -0.3 is 10.4 Å². The predicted molar refractivity (Wildman–Crippen MR) is 79.9 cm³/mol. The number of hydrogen-bond donors (Lipinski definition) is 2. The molecule has 0 aliphatic carbocycles. The van der Waals surface area contributed by atoms with Crippen LogP contribution in [-0.4, -0.2) is 38.5 Å². The number of thioether (sulfide) groups is 1. The second-order valence-corrected chi connectivity index (χ2v) is 5.38. The molecule has 1 atom stereocenters. The van der Waals surface area contributed by atoms with Gasteiger partial charge in [-0.05, 0) is 17.7 Å². The summed E-state index contributed by atoms with van der Waals surface area (Å²) in [5.41, 5.74) is 0.574. The van der Waals surface area contributed by atoms with Gasteiger partial charge in [-0.15, -0.1) is 5.10 Å². The molecule has 1 aromatic rings. The highest BCUT2D eigenvalue weighted by Gasteiger charge is 2.32. The van der Waals surface area contributed by atoms with E-state index in [-0.39, 0.29) is 17.3 Å². The zero-order valence-corrected chi connectivity index (χ0v) is 11.8. The normalized spacial score (nSPS) is 19.5. The van der Waals surface area contributed by atoms with E-state index in [1.165, 1.54) is 30.5 Å². The van der Waals surface area contributed by atoms with E-state index in [4.69, 9.17) is 5.11 Å². The quantitative estimate of drug-likeness (QED) is 0.471. The standard InChI is InChI=1S/C12H10N4O5S/c17-10(18)5-9-11(19)14-12(22-9)15-13-6-7-1-3-8(4-2-7)16(20)21/h1-4,6,9H,5H2,(H,17,18)(H,14,15,19)/b13-6+. The van der Waals surface area contributed by atoms with Gasteiger partial charge >= 0.3 is 5.97 Å². The zero-order chi connectivity index (χ0) is 16.1. The van der Waals surface area contributed by atoms with Crippen molar-refractivity contribution in [1.29, 1.82) is 0 Å². The lowest BCUT2D eigenvalue weighted by Gasteiger charge is -1.97. The number of hydrogen-bond acceptors (Lipinski definition) is 7. The van der Waals surface area contributed by atoms with Crippen molar-refractivity contribution >= 4 is 40.7 Å². The first-order valence-electron chi connectivity index (χ1n) is 6.00. The molecule has 1 aromatic carbocycles. The number of carboxylic acids is 1. The van der Waals surface area contributed by atoms with Gasteiger partial charge in [0, 0.05) is 12.1 Å². The monoisotopic (exact) mass is 322 g/mol. The molecule has 2 rings (SSSR count). The van der Waals surface area contributed by atoms with Crippen molar-refractivity contribution in [2.45, 2.75) is 11.7 Å². The van der Waals surface area contributed by atoms with Gasteiger partial charge in [0.1, 0.15) is 5.25 Å². The van der Waals surface area contributed by atoms with E-state index >= 15 is 0 Å². The van der Waals surface area contributed by atoms with Crippen molar-refractivity contribution < 1.29 is 19.6 Å². The molecule has 1 fully saturated rings. The lowest BCUT2D eigenvalue weighted by molar-refractivity contribution is -0.384. The number of rotatable bonds is 5. The summed E-state index contributed by atoms with van der Waals surface area (Å²) >= 11 is 0.994. The van der Waals surface area contributed by atoms with Crippen LogP contribution in [0.4, 0.5) is 5.69 Å². The van der Waals surface area contributed by atoms with Crippen LogP contribution >= 0.6 is 11.8 Å². The lowest BCUT2D eigenvalue weighted by atomic mass is 10.2. The number of nitrogens with one attached hydrogen (secondary N) is 1. The fourth-order valence-electron chi connectivity index (χ4n) is 1.58. The summed E-state index contributed by atoms with van der Waals surface area (Å²) in [5, 5.41) is 28.6. The first-order chi connectivity index (χ1) is 10.5. The molecule has 1 saturated heterocycles. The van der Waals surface area contributed by atoms with E-state index in [1.807, 2.05) is 0 Å². The Kier molecular flexibility index (Phi) is 4.84. The van der Waals surface area contributed by atoms with Gasteiger partial charge in [0.25, 0.3) is 5.69 Å². The van der Waals surface area contributed by atoms with Crippen LogP contribution in [0.3, 0.4) is 0 Å². The highest BCUT2D eigenvalue weighted by Crippen LogP contribution is 2.22. The molecule has 0 saturated carbocycles. The van der Waals surface area contributed by atoms with Crippen LogP contribution in [-0.2, 0) is 9.59 Å². The van der Waals surface area contributed by atoms with E-state index in [9.17, 15) is 19.7 Å². The highest BCUT2D eigenvalue weighted by molar-refractivity contribution is 8.15. The zero-order valence-electron chi connectivity index (χ0n) is 11.0. The van der Waals surface area contributed by atoms with Gasteiger partial charge in [-0.25, -0.2) is 0 Å². The van der Waals surface area contributed by atoms with Crippen molar-refractivity contribution in [2.75, 3.05) is 0 Å². The Morgan fingerprint density at radius 2 is 2.14 bits per heavy atom. The Morgan fingerprint density at radius 1 is 1.45 bits per heavy atom. The van der Waals surface area contributed by atoms with E-state index in [2.05, 4.69) is 15.5 Å². The Hall–Kier alpha value is -2.75. The molecule has 1 unspecified atom stereocenters. The van der Waals surface area contributed by atoms with Crippen molar-refractivity contribution in [3.63, 3.8) is 0 Å². The maximum atomic E-state index is 11.5. The summed E-state index contributed by atoms with van der Waals surface area (Å²) in [6.07, 6.45) is 1.08. The van der Waals surface area contributed by atoms with Crippen molar-refractivity contribution in [3.05, 3.63) is 39.9 Å². The van der Waals surface area contributed by atoms with Crippen LogP contribution in [0.15, 0.2) is 34.5 Å². The number of amidine groups is 1. The summed E-state index contributed by atoms with van der Waals surface area (Å²) in [5.74, 6) is -1.49. The molecule has 1 aliphatic heterocycles. The first-order valence-corrected chi connectivity index (χ1v) is 6.88. The summed E-state index contributed by atoms with van der Waals surface area (Å²) in [4.78, 5) is 32.0. The molecule has 1 heterocycles. The maximum Gasteiger partial charge on any atom is 0.305 e. The number of amides is 1. The Labute approximate surface area is 128 Å². The average Bonchev–Trinajstić information content (AvgIpc) is 2.79. The Morgan fingerprint density at radius 3 is 2.73 bits per heavy atom. The van der Waals surface area contributed by atoms with Crippen molar-refractivity contribution in [2.24, 2.45) is 10.2 Å². The molecule has 0 aromatic heterocycles. The molecule has 0 bridgehead atoms. The van der Waals surface area contributed by atoms with E-state index in [0.29, 0.717) is 5.56 Å². The fraction of sp³-hybridized carbons (Fsp3) is 0.167. The largest absolute Gasteiger partial charge is 0.481 e. The van der Waals surface area contributed by atoms with Crippen LogP contribution in [0.1, 0.15) is 12.0 Å². The number of carbonyl (C=O) groups is 2. The van der Waals surface area contributed by atoms with E-state index in [1.54, 1.807) is 0 Å². The van der Waals surface area contributed by atoms with Gasteiger partial charge in [-0.2, -0.15) is 5.10 Å². The third-order valence-electron chi connectivity index (χ3n) is 2.60. The van der Waals surface area contributed by atoms with Gasteiger partial charge in [-0.1, -0.05) is 11.8 Å². The molecule has 9 nitrogen and oxygen atoms in total. The third-order valence-corrected chi connectivity index (χ3v) is 3.67. The molecule has 22 heavy (non-hydrogen) atoms. The molecule has 1 aliphatic rings. The van der Waals surface area contributed by atoms with Crippen molar-refractivity contribution in [1.82, 2.24) is 5.32 Å². The maximum absolute atomic E-state index is 11.5. The topological polar surface area (TPSA) is 134 Å². The number of aliphatic carboxylic acids is 1. The number of nitro benzene ring substituents is 1. The lowest BCUT2D eigenvalue weighted by Crippen LogP contribution is -2.26. The van der Waals surface area contributed by atoms with E-state index < -0.39 is 22.0 Å². The minimum Gasteiger partial charge on any atom is -0.481 e. The number of benzene rings is 1. The molecule has 2 N–H and O–H groups in total. The second kappa shape index (κ2) is 6.80. The Bertz CT molecular complexity index is 671. The molecule has 0 radical (unpaired) electrons. The molecule has 114 valence electrons. The Balaban J connectivity index is 1.98. The van der Waals surface area contributed by atoms with Crippen LogP contribution in [0.25, 0.3) is 0 Å². The first kappa shape index (κ1) is 15.6. The van der Waals surface area contributed by atoms with Gasteiger partial charge in [0.15, 0.2) is 5.17 Å². The van der Waals surface area contributed by atoms with Crippen LogP contribution in [0.2, 0.25) is 0 Å². The average molecular weight is 322 g/mol. The number of non-ortho nitro benzene ring substituents is 1. The van der Waals surface area contributed by atoms with Crippen LogP contribution in [0.5, 0.6) is 0 Å².